The molecule has 1 aromatic carbocycles. The van der Waals surface area contributed by atoms with Crippen LogP contribution in [0.4, 0.5) is 0 Å². The number of ether oxygens (including phenoxy) is 1. The van der Waals surface area contributed by atoms with Crippen molar-refractivity contribution in [3.8, 4) is 5.75 Å². The molecular weight excluding hydrogens is 222 g/mol. The van der Waals surface area contributed by atoms with Gasteiger partial charge < -0.3 is 10.5 Å². The van der Waals surface area contributed by atoms with Crippen molar-refractivity contribution in [2.75, 3.05) is 7.11 Å². The zero-order valence-electron chi connectivity index (χ0n) is 12.0. The Morgan fingerprint density at radius 2 is 1.83 bits per heavy atom. The number of nitrogens with two attached hydrogens (primary N) is 1. The van der Waals surface area contributed by atoms with Crippen molar-refractivity contribution in [1.29, 1.82) is 0 Å². The normalized spacial score (nSPS) is 18.3. The average molecular weight is 247 g/mol. The van der Waals surface area contributed by atoms with E-state index in [1.807, 2.05) is 0 Å². The Hall–Kier alpha value is -1.02. The van der Waals surface area contributed by atoms with Crippen LogP contribution in [0.15, 0.2) is 12.1 Å². The molecule has 0 saturated heterocycles. The third-order valence-electron chi connectivity index (χ3n) is 4.21. The van der Waals surface area contributed by atoms with Crippen LogP contribution in [-0.2, 0) is 5.54 Å². The van der Waals surface area contributed by atoms with Gasteiger partial charge in [0.1, 0.15) is 5.75 Å². The second-order valence-corrected chi connectivity index (χ2v) is 5.90. The summed E-state index contributed by atoms with van der Waals surface area (Å²) in [5.74, 6) is 1.49. The third kappa shape index (κ3) is 2.14. The highest BCUT2D eigenvalue weighted by molar-refractivity contribution is 5.51. The number of hydrogen-bond donors (Lipinski definition) is 1. The van der Waals surface area contributed by atoms with Crippen LogP contribution in [0.3, 0.4) is 0 Å². The Morgan fingerprint density at radius 3 is 2.33 bits per heavy atom. The van der Waals surface area contributed by atoms with Gasteiger partial charge in [0.25, 0.3) is 0 Å². The molecule has 0 aliphatic heterocycles. The van der Waals surface area contributed by atoms with E-state index in [0.717, 1.165) is 18.6 Å². The third-order valence-corrected chi connectivity index (χ3v) is 4.21. The van der Waals surface area contributed by atoms with Gasteiger partial charge in [0.2, 0.25) is 0 Å². The molecule has 2 rings (SSSR count). The summed E-state index contributed by atoms with van der Waals surface area (Å²) < 4.78 is 5.66. The van der Waals surface area contributed by atoms with E-state index in [9.17, 15) is 0 Å². The molecule has 0 unspecified atom stereocenters. The van der Waals surface area contributed by atoms with Crippen LogP contribution in [0, 0.1) is 6.92 Å². The summed E-state index contributed by atoms with van der Waals surface area (Å²) in [7, 11) is 1.76. The van der Waals surface area contributed by atoms with E-state index < -0.39 is 0 Å². The summed E-state index contributed by atoms with van der Waals surface area (Å²) in [5.41, 5.74) is 10.3. The molecule has 0 amide bonds. The Balaban J connectivity index is 2.64. The Bertz CT molecular complexity index is 431. The van der Waals surface area contributed by atoms with Gasteiger partial charge in [-0.1, -0.05) is 38.8 Å². The molecule has 2 nitrogen and oxygen atoms in total. The SMILES string of the molecule is COc1c(C)ccc(C(C)C)c1C1(N)CCCC1. The van der Waals surface area contributed by atoms with Crippen molar-refractivity contribution in [1.82, 2.24) is 0 Å². The molecule has 0 atom stereocenters. The maximum absolute atomic E-state index is 6.68. The van der Waals surface area contributed by atoms with E-state index in [4.69, 9.17) is 10.5 Å². The maximum Gasteiger partial charge on any atom is 0.127 e. The van der Waals surface area contributed by atoms with Crippen LogP contribution in [0.5, 0.6) is 5.75 Å². The lowest BCUT2D eigenvalue weighted by Crippen LogP contribution is -2.35. The van der Waals surface area contributed by atoms with E-state index in [2.05, 4.69) is 32.9 Å². The molecule has 0 spiro atoms. The molecule has 1 aliphatic rings. The number of methoxy groups -OCH3 is 1. The molecule has 1 aliphatic carbocycles. The number of benzene rings is 1. The Labute approximate surface area is 111 Å². The van der Waals surface area contributed by atoms with Gasteiger partial charge in [-0.05, 0) is 36.8 Å². The van der Waals surface area contributed by atoms with Gasteiger partial charge in [-0.15, -0.1) is 0 Å². The van der Waals surface area contributed by atoms with E-state index in [1.54, 1.807) is 7.11 Å². The van der Waals surface area contributed by atoms with Gasteiger partial charge in [0.15, 0.2) is 0 Å². The first-order valence-electron chi connectivity index (χ1n) is 6.96. The molecular formula is C16H25NO. The molecule has 100 valence electrons. The molecule has 1 aromatic rings. The Morgan fingerprint density at radius 1 is 1.22 bits per heavy atom. The van der Waals surface area contributed by atoms with Crippen molar-refractivity contribution < 1.29 is 4.74 Å². The minimum absolute atomic E-state index is 0.184. The van der Waals surface area contributed by atoms with Crippen molar-refractivity contribution in [3.05, 3.63) is 28.8 Å². The zero-order valence-corrected chi connectivity index (χ0v) is 12.0. The van der Waals surface area contributed by atoms with Gasteiger partial charge in [0.05, 0.1) is 7.11 Å². The molecule has 1 saturated carbocycles. The molecule has 0 radical (unpaired) electrons. The predicted octanol–water partition coefficient (Wildman–Crippen LogP) is 3.86. The van der Waals surface area contributed by atoms with Crippen molar-refractivity contribution in [2.45, 2.75) is 57.9 Å². The molecule has 18 heavy (non-hydrogen) atoms. The fourth-order valence-electron chi connectivity index (χ4n) is 3.22. The minimum Gasteiger partial charge on any atom is -0.496 e. The first-order valence-corrected chi connectivity index (χ1v) is 6.96. The second-order valence-electron chi connectivity index (χ2n) is 5.90. The van der Waals surface area contributed by atoms with Crippen LogP contribution in [0.1, 0.15) is 62.1 Å². The monoisotopic (exact) mass is 247 g/mol. The van der Waals surface area contributed by atoms with Crippen LogP contribution in [0.25, 0.3) is 0 Å². The quantitative estimate of drug-likeness (QED) is 0.880. The fraction of sp³-hybridized carbons (Fsp3) is 0.625. The van der Waals surface area contributed by atoms with Crippen molar-refractivity contribution >= 4 is 0 Å². The summed E-state index contributed by atoms with van der Waals surface area (Å²) in [6.45, 7) is 6.56. The summed E-state index contributed by atoms with van der Waals surface area (Å²) in [5, 5.41) is 0. The summed E-state index contributed by atoms with van der Waals surface area (Å²) >= 11 is 0. The van der Waals surface area contributed by atoms with E-state index >= 15 is 0 Å². The highest BCUT2D eigenvalue weighted by Gasteiger charge is 2.36. The lowest BCUT2D eigenvalue weighted by molar-refractivity contribution is 0.373. The largest absolute Gasteiger partial charge is 0.496 e. The standard InChI is InChI=1S/C16H25NO/c1-11(2)13-8-7-12(3)15(18-4)14(13)16(17)9-5-6-10-16/h7-8,11H,5-6,9-10,17H2,1-4H3. The highest BCUT2D eigenvalue weighted by atomic mass is 16.5. The summed E-state index contributed by atoms with van der Waals surface area (Å²) in [6, 6.07) is 4.38. The lowest BCUT2D eigenvalue weighted by Gasteiger charge is -2.31. The van der Waals surface area contributed by atoms with Gasteiger partial charge in [-0.3, -0.25) is 0 Å². The van der Waals surface area contributed by atoms with Crippen LogP contribution in [-0.4, -0.2) is 7.11 Å². The lowest BCUT2D eigenvalue weighted by atomic mass is 9.81. The topological polar surface area (TPSA) is 35.2 Å². The van der Waals surface area contributed by atoms with Crippen LogP contribution >= 0.6 is 0 Å². The molecule has 0 heterocycles. The molecule has 2 heteroatoms. The van der Waals surface area contributed by atoms with Crippen LogP contribution < -0.4 is 10.5 Å². The van der Waals surface area contributed by atoms with Crippen molar-refractivity contribution in [2.24, 2.45) is 5.73 Å². The molecule has 0 aromatic heterocycles. The van der Waals surface area contributed by atoms with Crippen molar-refractivity contribution in [3.63, 3.8) is 0 Å². The number of rotatable bonds is 3. The van der Waals surface area contributed by atoms with Gasteiger partial charge in [-0.25, -0.2) is 0 Å². The number of hydrogen-bond acceptors (Lipinski definition) is 2. The molecule has 1 fully saturated rings. The summed E-state index contributed by atoms with van der Waals surface area (Å²) in [4.78, 5) is 0. The van der Waals surface area contributed by atoms with E-state index in [0.29, 0.717) is 5.92 Å². The van der Waals surface area contributed by atoms with Gasteiger partial charge in [-0.2, -0.15) is 0 Å². The number of aryl methyl sites for hydroxylation is 1. The fourth-order valence-corrected chi connectivity index (χ4v) is 3.22. The predicted molar refractivity (Wildman–Crippen MR) is 76.2 cm³/mol. The Kier molecular flexibility index (Phi) is 3.67. The average Bonchev–Trinajstić information content (AvgIpc) is 2.76. The zero-order chi connectivity index (χ0) is 13.3. The molecule has 0 bridgehead atoms. The van der Waals surface area contributed by atoms with Gasteiger partial charge in [0, 0.05) is 11.1 Å². The first-order chi connectivity index (χ1) is 8.49. The second kappa shape index (κ2) is 4.93. The van der Waals surface area contributed by atoms with Crippen LogP contribution in [0.2, 0.25) is 0 Å². The first kappa shape index (κ1) is 13.4. The van der Waals surface area contributed by atoms with Gasteiger partial charge >= 0.3 is 0 Å². The summed E-state index contributed by atoms with van der Waals surface area (Å²) in [6.07, 6.45) is 4.61. The smallest absolute Gasteiger partial charge is 0.127 e. The molecule has 2 N–H and O–H groups in total. The maximum atomic E-state index is 6.68. The highest BCUT2D eigenvalue weighted by Crippen LogP contribution is 2.45. The van der Waals surface area contributed by atoms with E-state index in [-0.39, 0.29) is 5.54 Å². The van der Waals surface area contributed by atoms with E-state index in [1.165, 1.54) is 29.5 Å². The minimum atomic E-state index is -0.184.